The second kappa shape index (κ2) is 5.09. The van der Waals surface area contributed by atoms with E-state index >= 15 is 0 Å². The van der Waals surface area contributed by atoms with Gasteiger partial charge in [0.2, 0.25) is 5.91 Å². The van der Waals surface area contributed by atoms with Crippen molar-refractivity contribution in [2.45, 2.75) is 12.8 Å². The summed E-state index contributed by atoms with van der Waals surface area (Å²) in [5.41, 5.74) is 1.13. The normalized spacial score (nSPS) is 18.6. The number of carboxylic acid groups (broad SMARTS) is 2. The number of nitrogens with zero attached hydrogens (tertiary/aromatic N) is 1. The zero-order valence-electron chi connectivity index (χ0n) is 10.1. The minimum absolute atomic E-state index is 0.0154. The molecule has 2 rings (SSSR count). The first-order valence-corrected chi connectivity index (χ1v) is 5.81. The van der Waals surface area contributed by atoms with Gasteiger partial charge in [-0.25, -0.2) is 0 Å². The van der Waals surface area contributed by atoms with Crippen molar-refractivity contribution in [2.24, 2.45) is 5.92 Å². The molecule has 6 heteroatoms. The van der Waals surface area contributed by atoms with Gasteiger partial charge in [0.05, 0.1) is 12.3 Å². The maximum absolute atomic E-state index is 11.8. The highest BCUT2D eigenvalue weighted by Crippen LogP contribution is 2.26. The highest BCUT2D eigenvalue weighted by molar-refractivity contribution is 5.99. The van der Waals surface area contributed by atoms with Gasteiger partial charge in [0.1, 0.15) is 0 Å². The SMILES string of the molecule is O=C(O)Cc1cccc(N2CC(C(=O)O)CC2=O)c1. The molecule has 1 unspecified atom stereocenters. The van der Waals surface area contributed by atoms with Crippen molar-refractivity contribution in [3.63, 3.8) is 0 Å². The van der Waals surface area contributed by atoms with E-state index in [1.807, 2.05) is 0 Å². The van der Waals surface area contributed by atoms with Crippen molar-refractivity contribution < 1.29 is 24.6 Å². The smallest absolute Gasteiger partial charge is 0.308 e. The number of carbonyl (C=O) groups excluding carboxylic acids is 1. The highest BCUT2D eigenvalue weighted by Gasteiger charge is 2.35. The fourth-order valence-electron chi connectivity index (χ4n) is 2.13. The van der Waals surface area contributed by atoms with Gasteiger partial charge in [0.25, 0.3) is 0 Å². The molecule has 2 N–H and O–H groups in total. The summed E-state index contributed by atoms with van der Waals surface area (Å²) in [7, 11) is 0. The first-order chi connectivity index (χ1) is 8.97. The number of carboxylic acids is 2. The van der Waals surface area contributed by atoms with Crippen LogP contribution in [0, 0.1) is 5.92 Å². The van der Waals surface area contributed by atoms with Gasteiger partial charge in [-0.2, -0.15) is 0 Å². The molecule has 1 aromatic rings. The van der Waals surface area contributed by atoms with Crippen LogP contribution >= 0.6 is 0 Å². The van der Waals surface area contributed by atoms with E-state index in [0.717, 1.165) is 0 Å². The third-order valence-electron chi connectivity index (χ3n) is 3.05. The summed E-state index contributed by atoms with van der Waals surface area (Å²) < 4.78 is 0. The topological polar surface area (TPSA) is 94.9 Å². The standard InChI is InChI=1S/C13H13NO5/c15-11-6-9(13(18)19)7-14(11)10-3-1-2-8(4-10)5-12(16)17/h1-4,9H,5-7H2,(H,16,17)(H,18,19). The molecule has 0 saturated carbocycles. The molecule has 1 saturated heterocycles. The fraction of sp³-hybridized carbons (Fsp3) is 0.308. The second-order valence-electron chi connectivity index (χ2n) is 4.48. The first kappa shape index (κ1) is 13.1. The molecule has 100 valence electrons. The largest absolute Gasteiger partial charge is 0.481 e. The predicted octanol–water partition coefficient (Wildman–Crippen LogP) is 0.751. The van der Waals surface area contributed by atoms with E-state index < -0.39 is 17.9 Å². The van der Waals surface area contributed by atoms with Crippen LogP contribution in [-0.2, 0) is 20.8 Å². The maximum Gasteiger partial charge on any atom is 0.308 e. The van der Waals surface area contributed by atoms with Gasteiger partial charge in [0, 0.05) is 18.7 Å². The number of amides is 1. The molecule has 0 radical (unpaired) electrons. The quantitative estimate of drug-likeness (QED) is 0.835. The van der Waals surface area contributed by atoms with Crippen molar-refractivity contribution >= 4 is 23.5 Å². The summed E-state index contributed by atoms with van der Waals surface area (Å²) in [6, 6.07) is 6.60. The molecular formula is C13H13NO5. The molecule has 1 fully saturated rings. The van der Waals surface area contributed by atoms with Crippen molar-refractivity contribution in [1.82, 2.24) is 0 Å². The third-order valence-corrected chi connectivity index (χ3v) is 3.05. The van der Waals surface area contributed by atoms with E-state index in [1.54, 1.807) is 24.3 Å². The van der Waals surface area contributed by atoms with E-state index in [0.29, 0.717) is 11.3 Å². The van der Waals surface area contributed by atoms with Crippen molar-refractivity contribution in [3.8, 4) is 0 Å². The van der Waals surface area contributed by atoms with Gasteiger partial charge in [0.15, 0.2) is 0 Å². The van der Waals surface area contributed by atoms with Crippen molar-refractivity contribution in [1.29, 1.82) is 0 Å². The van der Waals surface area contributed by atoms with Crippen LogP contribution in [0.25, 0.3) is 0 Å². The van der Waals surface area contributed by atoms with Crippen LogP contribution < -0.4 is 4.90 Å². The minimum Gasteiger partial charge on any atom is -0.481 e. The van der Waals surface area contributed by atoms with E-state index in [4.69, 9.17) is 10.2 Å². The summed E-state index contributed by atoms with van der Waals surface area (Å²) >= 11 is 0. The molecule has 0 aromatic heterocycles. The highest BCUT2D eigenvalue weighted by atomic mass is 16.4. The lowest BCUT2D eigenvalue weighted by Crippen LogP contribution is -2.25. The summed E-state index contributed by atoms with van der Waals surface area (Å²) in [5, 5.41) is 17.6. The predicted molar refractivity (Wildman–Crippen MR) is 65.9 cm³/mol. The Balaban J connectivity index is 2.20. The number of rotatable bonds is 4. The molecule has 1 heterocycles. The van der Waals surface area contributed by atoms with Crippen LogP contribution in [0.15, 0.2) is 24.3 Å². The number of anilines is 1. The van der Waals surface area contributed by atoms with Gasteiger partial charge in [-0.3, -0.25) is 14.4 Å². The Morgan fingerprint density at radius 1 is 1.32 bits per heavy atom. The molecule has 0 aliphatic carbocycles. The lowest BCUT2D eigenvalue weighted by Gasteiger charge is -2.16. The van der Waals surface area contributed by atoms with Crippen LogP contribution in [0.2, 0.25) is 0 Å². The maximum atomic E-state index is 11.8. The van der Waals surface area contributed by atoms with Crippen molar-refractivity contribution in [2.75, 3.05) is 11.4 Å². The van der Waals surface area contributed by atoms with E-state index in [9.17, 15) is 14.4 Å². The zero-order valence-corrected chi connectivity index (χ0v) is 10.1. The second-order valence-corrected chi connectivity index (χ2v) is 4.48. The van der Waals surface area contributed by atoms with Crippen LogP contribution in [0.1, 0.15) is 12.0 Å². The molecule has 1 aromatic carbocycles. The van der Waals surface area contributed by atoms with Gasteiger partial charge in [-0.05, 0) is 17.7 Å². The Morgan fingerprint density at radius 3 is 2.63 bits per heavy atom. The lowest BCUT2D eigenvalue weighted by atomic mass is 10.1. The number of benzene rings is 1. The van der Waals surface area contributed by atoms with Crippen molar-refractivity contribution in [3.05, 3.63) is 29.8 Å². The molecular weight excluding hydrogens is 250 g/mol. The Hall–Kier alpha value is -2.37. The number of aliphatic carboxylic acids is 2. The van der Waals surface area contributed by atoms with Crippen LogP contribution in [0.5, 0.6) is 0 Å². The Bertz CT molecular complexity index is 540. The molecule has 1 aliphatic rings. The molecule has 19 heavy (non-hydrogen) atoms. The summed E-state index contributed by atoms with van der Waals surface area (Å²) in [4.78, 5) is 34.7. The van der Waals surface area contributed by atoms with Gasteiger partial charge in [-0.1, -0.05) is 12.1 Å². The van der Waals surface area contributed by atoms with Crippen LogP contribution in [-0.4, -0.2) is 34.6 Å². The monoisotopic (exact) mass is 263 g/mol. The summed E-state index contributed by atoms with van der Waals surface area (Å²) in [6.07, 6.45) is -0.142. The Labute approximate surface area is 109 Å². The average Bonchev–Trinajstić information content (AvgIpc) is 2.71. The first-order valence-electron chi connectivity index (χ1n) is 5.81. The summed E-state index contributed by atoms with van der Waals surface area (Å²) in [5.74, 6) is -2.89. The molecule has 1 aliphatic heterocycles. The molecule has 1 atom stereocenters. The Kier molecular flexibility index (Phi) is 3.50. The molecule has 6 nitrogen and oxygen atoms in total. The van der Waals surface area contributed by atoms with E-state index in [2.05, 4.69) is 0 Å². The van der Waals surface area contributed by atoms with E-state index in [1.165, 1.54) is 4.90 Å². The van der Waals surface area contributed by atoms with Crippen LogP contribution in [0.4, 0.5) is 5.69 Å². The summed E-state index contributed by atoms with van der Waals surface area (Å²) in [6.45, 7) is 0.130. The lowest BCUT2D eigenvalue weighted by molar-refractivity contribution is -0.141. The molecule has 0 spiro atoms. The Morgan fingerprint density at radius 2 is 2.05 bits per heavy atom. The van der Waals surface area contributed by atoms with Gasteiger partial charge < -0.3 is 15.1 Å². The average molecular weight is 263 g/mol. The molecule has 0 bridgehead atoms. The number of carbonyl (C=O) groups is 3. The minimum atomic E-state index is -0.988. The fourth-order valence-corrected chi connectivity index (χ4v) is 2.13. The third kappa shape index (κ3) is 2.90. The number of hydrogen-bond donors (Lipinski definition) is 2. The van der Waals surface area contributed by atoms with Gasteiger partial charge in [-0.15, -0.1) is 0 Å². The van der Waals surface area contributed by atoms with Gasteiger partial charge >= 0.3 is 11.9 Å². The molecule has 1 amide bonds. The zero-order chi connectivity index (χ0) is 14.0. The number of hydrogen-bond acceptors (Lipinski definition) is 3. The van der Waals surface area contributed by atoms with E-state index in [-0.39, 0.29) is 25.3 Å². The van der Waals surface area contributed by atoms with Crippen LogP contribution in [0.3, 0.4) is 0 Å².